The van der Waals surface area contributed by atoms with Crippen molar-refractivity contribution in [2.24, 2.45) is 0 Å². The van der Waals surface area contributed by atoms with Crippen LogP contribution in [0.2, 0.25) is 0 Å². The number of nitrogens with one attached hydrogen (secondary N) is 1. The van der Waals surface area contributed by atoms with Crippen molar-refractivity contribution >= 4 is 18.0 Å². The SMILES string of the molecule is CCCCN(O)C(=O)C(CCC(=O)O)NC(=O)OCC1c2ccccc2-c2ccccc21. The number of carboxylic acids is 1. The van der Waals surface area contributed by atoms with Crippen LogP contribution < -0.4 is 5.32 Å². The molecule has 2 amide bonds. The van der Waals surface area contributed by atoms with Gasteiger partial charge in [-0.25, -0.2) is 9.86 Å². The lowest BCUT2D eigenvalue weighted by atomic mass is 9.98. The third-order valence-electron chi connectivity index (χ3n) is 5.56. The van der Waals surface area contributed by atoms with Crippen molar-refractivity contribution in [3.8, 4) is 11.1 Å². The van der Waals surface area contributed by atoms with Crippen LogP contribution in [-0.2, 0) is 14.3 Å². The molecular weight excluding hydrogens is 412 g/mol. The average Bonchev–Trinajstić information content (AvgIpc) is 3.12. The largest absolute Gasteiger partial charge is 0.481 e. The van der Waals surface area contributed by atoms with Gasteiger partial charge >= 0.3 is 12.1 Å². The second-order valence-corrected chi connectivity index (χ2v) is 7.77. The van der Waals surface area contributed by atoms with E-state index in [1.165, 1.54) is 0 Å². The molecule has 1 aliphatic rings. The highest BCUT2D eigenvalue weighted by Gasteiger charge is 2.30. The van der Waals surface area contributed by atoms with Gasteiger partial charge in [-0.2, -0.15) is 0 Å². The highest BCUT2D eigenvalue weighted by atomic mass is 16.5. The molecule has 0 bridgehead atoms. The third kappa shape index (κ3) is 5.45. The van der Waals surface area contributed by atoms with Gasteiger partial charge in [-0.3, -0.25) is 14.8 Å². The highest BCUT2D eigenvalue weighted by Crippen LogP contribution is 2.44. The molecule has 1 unspecified atom stereocenters. The highest BCUT2D eigenvalue weighted by molar-refractivity contribution is 5.85. The summed E-state index contributed by atoms with van der Waals surface area (Å²) >= 11 is 0. The zero-order valence-electron chi connectivity index (χ0n) is 18.0. The quantitative estimate of drug-likeness (QED) is 0.382. The van der Waals surface area contributed by atoms with Gasteiger partial charge in [0, 0.05) is 18.9 Å². The number of benzene rings is 2. The topological polar surface area (TPSA) is 116 Å². The molecule has 0 saturated heterocycles. The molecule has 0 aliphatic heterocycles. The van der Waals surface area contributed by atoms with Gasteiger partial charge < -0.3 is 15.2 Å². The Kier molecular flexibility index (Phi) is 7.83. The summed E-state index contributed by atoms with van der Waals surface area (Å²) in [6.45, 7) is 2.08. The number of hydrogen-bond donors (Lipinski definition) is 3. The summed E-state index contributed by atoms with van der Waals surface area (Å²) in [4.78, 5) is 35.9. The van der Waals surface area contributed by atoms with Crippen LogP contribution >= 0.6 is 0 Å². The predicted molar refractivity (Wildman–Crippen MR) is 117 cm³/mol. The van der Waals surface area contributed by atoms with Crippen LogP contribution in [0.25, 0.3) is 11.1 Å². The summed E-state index contributed by atoms with van der Waals surface area (Å²) in [6, 6.07) is 14.7. The number of amides is 2. The molecule has 8 nitrogen and oxygen atoms in total. The smallest absolute Gasteiger partial charge is 0.407 e. The maximum absolute atomic E-state index is 12.5. The van der Waals surface area contributed by atoms with E-state index in [1.807, 2.05) is 55.5 Å². The van der Waals surface area contributed by atoms with E-state index >= 15 is 0 Å². The number of carbonyl (C=O) groups is 3. The number of hydrogen-bond acceptors (Lipinski definition) is 5. The van der Waals surface area contributed by atoms with Crippen molar-refractivity contribution in [3.63, 3.8) is 0 Å². The van der Waals surface area contributed by atoms with Gasteiger partial charge in [0.15, 0.2) is 0 Å². The summed E-state index contributed by atoms with van der Waals surface area (Å²) in [5, 5.41) is 21.9. The molecule has 0 heterocycles. The van der Waals surface area contributed by atoms with E-state index < -0.39 is 24.0 Å². The van der Waals surface area contributed by atoms with E-state index in [0.717, 1.165) is 28.7 Å². The number of carboxylic acid groups (broad SMARTS) is 1. The van der Waals surface area contributed by atoms with E-state index in [9.17, 15) is 19.6 Å². The molecule has 32 heavy (non-hydrogen) atoms. The van der Waals surface area contributed by atoms with Crippen LogP contribution in [0.15, 0.2) is 48.5 Å². The Labute approximate surface area is 186 Å². The number of nitrogens with zero attached hydrogens (tertiary/aromatic N) is 1. The fourth-order valence-corrected chi connectivity index (χ4v) is 3.91. The number of unbranched alkanes of at least 4 members (excludes halogenated alkanes) is 1. The number of hydroxylamine groups is 2. The molecule has 1 aliphatic carbocycles. The van der Waals surface area contributed by atoms with E-state index in [2.05, 4.69) is 5.32 Å². The maximum Gasteiger partial charge on any atom is 0.407 e. The van der Waals surface area contributed by atoms with Crippen LogP contribution in [0.5, 0.6) is 0 Å². The van der Waals surface area contributed by atoms with Crippen molar-refractivity contribution in [2.45, 2.75) is 44.6 Å². The zero-order valence-corrected chi connectivity index (χ0v) is 18.0. The Morgan fingerprint density at radius 2 is 1.66 bits per heavy atom. The first kappa shape index (κ1) is 23.3. The Morgan fingerprint density at radius 3 is 2.22 bits per heavy atom. The van der Waals surface area contributed by atoms with Gasteiger partial charge in [0.2, 0.25) is 0 Å². The fourth-order valence-electron chi connectivity index (χ4n) is 3.91. The number of rotatable bonds is 10. The minimum atomic E-state index is -1.19. The van der Waals surface area contributed by atoms with Crippen molar-refractivity contribution in [1.29, 1.82) is 0 Å². The standard InChI is InChI=1S/C24H28N2O6/c1-2-3-14-26(31)23(29)21(12-13-22(27)28)25-24(30)32-15-20-18-10-6-4-8-16(18)17-9-5-7-11-19(17)20/h4-11,20-21,31H,2-3,12-15H2,1H3,(H,25,30)(H,27,28). The average molecular weight is 440 g/mol. The van der Waals surface area contributed by atoms with Crippen LogP contribution in [-0.4, -0.2) is 52.5 Å². The number of carbonyl (C=O) groups excluding carboxylic acids is 2. The van der Waals surface area contributed by atoms with E-state index in [0.29, 0.717) is 11.5 Å². The number of ether oxygens (including phenoxy) is 1. The zero-order chi connectivity index (χ0) is 23.1. The number of alkyl carbamates (subject to hydrolysis) is 1. The first-order valence-corrected chi connectivity index (χ1v) is 10.8. The molecule has 0 aromatic heterocycles. The predicted octanol–water partition coefficient (Wildman–Crippen LogP) is 3.78. The monoisotopic (exact) mass is 440 g/mol. The summed E-state index contributed by atoms with van der Waals surface area (Å²) in [5.74, 6) is -2.00. The van der Waals surface area contributed by atoms with Crippen molar-refractivity contribution in [2.75, 3.05) is 13.2 Å². The van der Waals surface area contributed by atoms with E-state index in [1.54, 1.807) is 0 Å². The first-order valence-electron chi connectivity index (χ1n) is 10.8. The molecule has 0 radical (unpaired) electrons. The molecule has 0 saturated carbocycles. The first-order chi connectivity index (χ1) is 15.4. The summed E-state index contributed by atoms with van der Waals surface area (Å²) in [7, 11) is 0. The Morgan fingerprint density at radius 1 is 1.06 bits per heavy atom. The Balaban J connectivity index is 1.66. The normalized spacial score (nSPS) is 13.1. The number of fused-ring (bicyclic) bond motifs is 3. The van der Waals surface area contributed by atoms with Crippen LogP contribution in [0, 0.1) is 0 Å². The van der Waals surface area contributed by atoms with Crippen molar-refractivity contribution in [1.82, 2.24) is 10.4 Å². The summed E-state index contributed by atoms with van der Waals surface area (Å²) in [6.07, 6.45) is 0.0333. The minimum Gasteiger partial charge on any atom is -0.481 e. The molecule has 170 valence electrons. The van der Waals surface area contributed by atoms with Gasteiger partial charge in [-0.1, -0.05) is 61.9 Å². The van der Waals surface area contributed by atoms with E-state index in [-0.39, 0.29) is 31.9 Å². The maximum atomic E-state index is 12.5. The molecule has 1 atom stereocenters. The molecule has 3 rings (SSSR count). The molecule has 3 N–H and O–H groups in total. The fraction of sp³-hybridized carbons (Fsp3) is 0.375. The molecule has 8 heteroatoms. The second kappa shape index (κ2) is 10.8. The Hall–Kier alpha value is -3.39. The second-order valence-electron chi connectivity index (χ2n) is 7.77. The van der Waals surface area contributed by atoms with Crippen LogP contribution in [0.1, 0.15) is 49.7 Å². The number of aliphatic carboxylic acids is 1. The van der Waals surface area contributed by atoms with Crippen LogP contribution in [0.3, 0.4) is 0 Å². The lowest BCUT2D eigenvalue weighted by Crippen LogP contribution is -2.48. The van der Waals surface area contributed by atoms with Gasteiger partial charge in [0.25, 0.3) is 5.91 Å². The van der Waals surface area contributed by atoms with Gasteiger partial charge in [-0.15, -0.1) is 0 Å². The van der Waals surface area contributed by atoms with Crippen molar-refractivity contribution in [3.05, 3.63) is 59.7 Å². The third-order valence-corrected chi connectivity index (χ3v) is 5.56. The molecule has 0 spiro atoms. The summed E-state index contributed by atoms with van der Waals surface area (Å²) in [5.41, 5.74) is 4.30. The molecular formula is C24H28N2O6. The molecule has 2 aromatic carbocycles. The van der Waals surface area contributed by atoms with Gasteiger partial charge in [-0.05, 0) is 35.1 Å². The van der Waals surface area contributed by atoms with E-state index in [4.69, 9.17) is 9.84 Å². The van der Waals surface area contributed by atoms with Crippen molar-refractivity contribution < 1.29 is 29.4 Å². The lowest BCUT2D eigenvalue weighted by molar-refractivity contribution is -0.168. The van der Waals surface area contributed by atoms with Gasteiger partial charge in [0.1, 0.15) is 12.6 Å². The lowest BCUT2D eigenvalue weighted by Gasteiger charge is -2.23. The van der Waals surface area contributed by atoms with Gasteiger partial charge in [0.05, 0.1) is 0 Å². The minimum absolute atomic E-state index is 0.0678. The Bertz CT molecular complexity index is 931. The molecule has 0 fully saturated rings. The molecule has 2 aromatic rings. The van der Waals surface area contributed by atoms with Crippen LogP contribution in [0.4, 0.5) is 4.79 Å². The summed E-state index contributed by atoms with van der Waals surface area (Å²) < 4.78 is 5.44.